The Morgan fingerprint density at radius 3 is 2.70 bits per heavy atom. The Labute approximate surface area is 117 Å². The van der Waals surface area contributed by atoms with Crippen molar-refractivity contribution in [2.24, 2.45) is 0 Å². The Bertz CT molecular complexity index is 580. The Balaban J connectivity index is 2.32. The molecule has 0 aliphatic heterocycles. The van der Waals surface area contributed by atoms with Crippen molar-refractivity contribution in [2.45, 2.75) is 19.8 Å². The zero-order valence-electron chi connectivity index (χ0n) is 11.4. The number of carboxylic acid groups (broad SMARTS) is 1. The second kappa shape index (κ2) is 6.10. The Morgan fingerprint density at radius 1 is 1.40 bits per heavy atom. The van der Waals surface area contributed by atoms with Crippen LogP contribution in [0.3, 0.4) is 0 Å². The SMILES string of the molecule is CCCCN(C(=O)O)c1cn(-c2ccccc2)nc1N. The quantitative estimate of drug-likeness (QED) is 0.878. The maximum atomic E-state index is 11.3. The summed E-state index contributed by atoms with van der Waals surface area (Å²) in [5.74, 6) is 0.215. The van der Waals surface area contributed by atoms with Crippen molar-refractivity contribution >= 4 is 17.6 Å². The minimum atomic E-state index is -1.02. The number of amides is 1. The van der Waals surface area contributed by atoms with E-state index in [4.69, 9.17) is 5.73 Å². The molecule has 6 nitrogen and oxygen atoms in total. The molecule has 2 rings (SSSR count). The number of nitrogens with zero attached hydrogens (tertiary/aromatic N) is 3. The van der Waals surface area contributed by atoms with Gasteiger partial charge in [-0.2, -0.15) is 0 Å². The number of nitrogens with two attached hydrogens (primary N) is 1. The monoisotopic (exact) mass is 274 g/mol. The van der Waals surface area contributed by atoms with Crippen LogP contribution in [0.5, 0.6) is 0 Å². The summed E-state index contributed by atoms with van der Waals surface area (Å²) in [4.78, 5) is 12.6. The molecule has 1 aromatic carbocycles. The van der Waals surface area contributed by atoms with E-state index in [-0.39, 0.29) is 5.82 Å². The molecule has 0 aliphatic carbocycles. The molecule has 0 radical (unpaired) electrons. The lowest BCUT2D eigenvalue weighted by molar-refractivity contribution is 0.201. The second-order valence-electron chi connectivity index (χ2n) is 4.47. The van der Waals surface area contributed by atoms with Gasteiger partial charge in [0.05, 0.1) is 11.9 Å². The lowest BCUT2D eigenvalue weighted by Gasteiger charge is -2.17. The van der Waals surface area contributed by atoms with Crippen LogP contribution in [-0.2, 0) is 0 Å². The van der Waals surface area contributed by atoms with Crippen molar-refractivity contribution in [3.8, 4) is 5.69 Å². The molecule has 1 aromatic heterocycles. The third kappa shape index (κ3) is 2.90. The van der Waals surface area contributed by atoms with E-state index in [1.165, 1.54) is 4.90 Å². The molecule has 2 aromatic rings. The van der Waals surface area contributed by atoms with Gasteiger partial charge in [-0.25, -0.2) is 9.48 Å². The van der Waals surface area contributed by atoms with Gasteiger partial charge in [-0.1, -0.05) is 31.5 Å². The largest absolute Gasteiger partial charge is 0.465 e. The molecule has 0 saturated carbocycles. The van der Waals surface area contributed by atoms with Crippen LogP contribution in [0, 0.1) is 0 Å². The Hall–Kier alpha value is -2.50. The summed E-state index contributed by atoms with van der Waals surface area (Å²) >= 11 is 0. The molecule has 106 valence electrons. The van der Waals surface area contributed by atoms with Gasteiger partial charge in [-0.15, -0.1) is 5.10 Å². The predicted molar refractivity (Wildman–Crippen MR) is 78.3 cm³/mol. The fraction of sp³-hybridized carbons (Fsp3) is 0.286. The van der Waals surface area contributed by atoms with E-state index >= 15 is 0 Å². The van der Waals surface area contributed by atoms with Crippen LogP contribution in [0.25, 0.3) is 5.69 Å². The summed E-state index contributed by atoms with van der Waals surface area (Å²) in [6.45, 7) is 2.42. The first-order valence-electron chi connectivity index (χ1n) is 6.54. The number of aromatic nitrogens is 2. The van der Waals surface area contributed by atoms with E-state index in [1.807, 2.05) is 37.3 Å². The number of nitrogen functional groups attached to an aromatic ring is 1. The van der Waals surface area contributed by atoms with Gasteiger partial charge in [0, 0.05) is 6.54 Å². The highest BCUT2D eigenvalue weighted by Crippen LogP contribution is 2.24. The highest BCUT2D eigenvalue weighted by molar-refractivity contribution is 5.89. The smallest absolute Gasteiger partial charge is 0.411 e. The van der Waals surface area contributed by atoms with Crippen molar-refractivity contribution in [3.05, 3.63) is 36.5 Å². The number of unbranched alkanes of at least 4 members (excludes halogenated alkanes) is 1. The van der Waals surface area contributed by atoms with Crippen LogP contribution in [0.2, 0.25) is 0 Å². The van der Waals surface area contributed by atoms with E-state index in [2.05, 4.69) is 5.10 Å². The summed E-state index contributed by atoms with van der Waals surface area (Å²) in [5, 5.41) is 13.5. The summed E-state index contributed by atoms with van der Waals surface area (Å²) in [7, 11) is 0. The second-order valence-corrected chi connectivity index (χ2v) is 4.47. The molecule has 1 amide bonds. The van der Waals surface area contributed by atoms with Gasteiger partial charge >= 0.3 is 6.09 Å². The fourth-order valence-electron chi connectivity index (χ4n) is 1.93. The minimum absolute atomic E-state index is 0.215. The first-order valence-corrected chi connectivity index (χ1v) is 6.54. The topological polar surface area (TPSA) is 84.4 Å². The Morgan fingerprint density at radius 2 is 2.10 bits per heavy atom. The Kier molecular flexibility index (Phi) is 4.24. The maximum Gasteiger partial charge on any atom is 0.411 e. The lowest BCUT2D eigenvalue weighted by Crippen LogP contribution is -2.30. The third-order valence-corrected chi connectivity index (χ3v) is 3.00. The van der Waals surface area contributed by atoms with E-state index in [0.717, 1.165) is 18.5 Å². The molecule has 3 N–H and O–H groups in total. The van der Waals surface area contributed by atoms with E-state index < -0.39 is 6.09 Å². The molecule has 0 saturated heterocycles. The molecule has 20 heavy (non-hydrogen) atoms. The molecule has 0 fully saturated rings. The molecular weight excluding hydrogens is 256 g/mol. The molecule has 0 bridgehead atoms. The van der Waals surface area contributed by atoms with Crippen LogP contribution in [0.15, 0.2) is 36.5 Å². The summed E-state index contributed by atoms with van der Waals surface area (Å²) in [5.41, 5.74) is 7.12. The average Bonchev–Trinajstić information content (AvgIpc) is 2.82. The van der Waals surface area contributed by atoms with E-state index in [9.17, 15) is 9.90 Å². The number of anilines is 2. The molecule has 0 spiro atoms. The number of rotatable bonds is 5. The lowest BCUT2D eigenvalue weighted by atomic mass is 10.3. The van der Waals surface area contributed by atoms with Crippen molar-refractivity contribution in [1.82, 2.24) is 9.78 Å². The van der Waals surface area contributed by atoms with Crippen LogP contribution in [0.1, 0.15) is 19.8 Å². The van der Waals surface area contributed by atoms with Crippen molar-refractivity contribution in [2.75, 3.05) is 17.2 Å². The van der Waals surface area contributed by atoms with Gasteiger partial charge < -0.3 is 10.8 Å². The van der Waals surface area contributed by atoms with Gasteiger partial charge in [0.1, 0.15) is 5.69 Å². The van der Waals surface area contributed by atoms with Crippen LogP contribution < -0.4 is 10.6 Å². The zero-order chi connectivity index (χ0) is 14.5. The highest BCUT2D eigenvalue weighted by Gasteiger charge is 2.19. The molecule has 0 unspecified atom stereocenters. The number of benzene rings is 1. The first-order chi connectivity index (χ1) is 9.63. The third-order valence-electron chi connectivity index (χ3n) is 3.00. The minimum Gasteiger partial charge on any atom is -0.465 e. The van der Waals surface area contributed by atoms with Crippen LogP contribution in [0.4, 0.5) is 16.3 Å². The standard InChI is InChI=1S/C14H18N4O2/c1-2-3-9-17(14(19)20)12-10-18(16-13(12)15)11-7-5-4-6-8-11/h4-8,10H,2-3,9H2,1H3,(H2,15,16)(H,19,20). The summed E-state index contributed by atoms with van der Waals surface area (Å²) < 4.78 is 1.59. The van der Waals surface area contributed by atoms with Gasteiger partial charge in [-0.05, 0) is 18.6 Å². The van der Waals surface area contributed by atoms with E-state index in [0.29, 0.717) is 12.2 Å². The summed E-state index contributed by atoms with van der Waals surface area (Å²) in [6, 6.07) is 9.45. The van der Waals surface area contributed by atoms with Crippen molar-refractivity contribution in [1.29, 1.82) is 0 Å². The van der Waals surface area contributed by atoms with Crippen molar-refractivity contribution < 1.29 is 9.90 Å². The van der Waals surface area contributed by atoms with Gasteiger partial charge in [0.15, 0.2) is 5.82 Å². The van der Waals surface area contributed by atoms with Crippen LogP contribution >= 0.6 is 0 Å². The predicted octanol–water partition coefficient (Wildman–Crippen LogP) is 2.74. The highest BCUT2D eigenvalue weighted by atomic mass is 16.4. The summed E-state index contributed by atoms with van der Waals surface area (Å²) in [6.07, 6.45) is 2.32. The van der Waals surface area contributed by atoms with Gasteiger partial charge in [0.2, 0.25) is 0 Å². The molecule has 6 heteroatoms. The normalized spacial score (nSPS) is 10.4. The number of hydrogen-bond donors (Lipinski definition) is 2. The number of hydrogen-bond acceptors (Lipinski definition) is 3. The van der Waals surface area contributed by atoms with Gasteiger partial charge in [0.25, 0.3) is 0 Å². The van der Waals surface area contributed by atoms with Crippen molar-refractivity contribution in [3.63, 3.8) is 0 Å². The number of carbonyl (C=O) groups is 1. The average molecular weight is 274 g/mol. The maximum absolute atomic E-state index is 11.3. The molecule has 1 heterocycles. The molecule has 0 aliphatic rings. The fourth-order valence-corrected chi connectivity index (χ4v) is 1.93. The van der Waals surface area contributed by atoms with Crippen LogP contribution in [-0.4, -0.2) is 27.5 Å². The molecular formula is C14H18N4O2. The van der Waals surface area contributed by atoms with Gasteiger partial charge in [-0.3, -0.25) is 4.90 Å². The first kappa shape index (κ1) is 13.9. The van der Waals surface area contributed by atoms with E-state index in [1.54, 1.807) is 10.9 Å². The number of para-hydroxylation sites is 1. The zero-order valence-corrected chi connectivity index (χ0v) is 11.4. The molecule has 0 atom stereocenters.